The second kappa shape index (κ2) is 8.16. The molecule has 0 spiro atoms. The number of nitrogen functional groups attached to an aromatic ring is 1. The van der Waals surface area contributed by atoms with Crippen LogP contribution in [0.1, 0.15) is 16.7 Å². The van der Waals surface area contributed by atoms with Gasteiger partial charge in [-0.05, 0) is 31.0 Å². The zero-order valence-electron chi connectivity index (χ0n) is 14.7. The Bertz CT molecular complexity index is 1040. The number of carbonyl (C=O) groups is 1. The number of nitrogens with two attached hydrogens (primary N) is 1. The van der Waals surface area contributed by atoms with E-state index in [9.17, 15) is 4.79 Å². The van der Waals surface area contributed by atoms with Gasteiger partial charge >= 0.3 is 0 Å². The van der Waals surface area contributed by atoms with Crippen LogP contribution in [0.15, 0.2) is 34.9 Å². The average molecular weight is 397 g/mol. The summed E-state index contributed by atoms with van der Waals surface area (Å²) in [6.07, 6.45) is 1.35. The molecule has 9 heteroatoms. The Morgan fingerprint density at radius 2 is 2.15 bits per heavy atom. The number of rotatable bonds is 5. The topological polar surface area (TPSA) is 118 Å². The molecular weight excluding hydrogens is 380 g/mol. The van der Waals surface area contributed by atoms with E-state index in [1.807, 2.05) is 17.5 Å². The molecule has 2 heterocycles. The first kappa shape index (κ1) is 18.8. The Balaban J connectivity index is 1.60. The number of hydrogen-bond acceptors (Lipinski definition) is 8. The molecule has 0 aliphatic heterocycles. The van der Waals surface area contributed by atoms with Gasteiger partial charge in [-0.25, -0.2) is 15.0 Å². The summed E-state index contributed by atoms with van der Waals surface area (Å²) in [6.45, 7) is 4.12. The average Bonchev–Trinajstić information content (AvgIpc) is 3.11. The maximum absolute atomic E-state index is 12.1. The molecule has 1 aromatic carbocycles. The van der Waals surface area contributed by atoms with Crippen molar-refractivity contribution in [2.24, 2.45) is 0 Å². The lowest BCUT2D eigenvalue weighted by molar-refractivity contribution is -0.113. The Morgan fingerprint density at radius 3 is 2.85 bits per heavy atom. The van der Waals surface area contributed by atoms with E-state index in [0.717, 1.165) is 23.0 Å². The van der Waals surface area contributed by atoms with E-state index < -0.39 is 0 Å². The van der Waals surface area contributed by atoms with Gasteiger partial charge in [0.25, 0.3) is 0 Å². The summed E-state index contributed by atoms with van der Waals surface area (Å²) < 4.78 is 0. The minimum Gasteiger partial charge on any atom is -0.382 e. The van der Waals surface area contributed by atoms with Crippen molar-refractivity contribution in [2.75, 3.05) is 16.8 Å². The van der Waals surface area contributed by atoms with E-state index in [-0.39, 0.29) is 23.0 Å². The molecule has 7 nitrogen and oxygen atoms in total. The number of aryl methyl sites for hydroxylation is 2. The number of anilines is 2. The van der Waals surface area contributed by atoms with Crippen LogP contribution in [0.2, 0.25) is 0 Å². The summed E-state index contributed by atoms with van der Waals surface area (Å²) in [5.41, 5.74) is 10.1. The lowest BCUT2D eigenvalue weighted by atomic mass is 10.1. The van der Waals surface area contributed by atoms with Gasteiger partial charge < -0.3 is 11.1 Å². The van der Waals surface area contributed by atoms with Crippen LogP contribution in [-0.4, -0.2) is 26.6 Å². The lowest BCUT2D eigenvalue weighted by Gasteiger charge is -2.03. The number of nitriles is 1. The molecule has 0 unspecified atom stereocenters. The molecule has 0 aliphatic carbocycles. The van der Waals surface area contributed by atoms with Crippen LogP contribution in [0, 0.1) is 25.2 Å². The summed E-state index contributed by atoms with van der Waals surface area (Å²) in [4.78, 5) is 24.6. The van der Waals surface area contributed by atoms with Crippen LogP contribution in [-0.2, 0) is 4.79 Å². The number of amides is 1. The van der Waals surface area contributed by atoms with E-state index in [0.29, 0.717) is 10.3 Å². The van der Waals surface area contributed by atoms with Gasteiger partial charge in [-0.15, -0.1) is 11.3 Å². The molecule has 0 saturated heterocycles. The first-order valence-electron chi connectivity index (χ1n) is 7.94. The zero-order chi connectivity index (χ0) is 19.4. The Kier molecular flexibility index (Phi) is 5.69. The van der Waals surface area contributed by atoms with Crippen molar-refractivity contribution in [3.05, 3.63) is 46.5 Å². The third-order valence-corrected chi connectivity index (χ3v) is 5.42. The van der Waals surface area contributed by atoms with Crippen LogP contribution in [0.25, 0.3) is 11.3 Å². The van der Waals surface area contributed by atoms with Crippen molar-refractivity contribution in [1.82, 2.24) is 15.0 Å². The fourth-order valence-electron chi connectivity index (χ4n) is 2.18. The lowest BCUT2D eigenvalue weighted by Crippen LogP contribution is -2.14. The van der Waals surface area contributed by atoms with Crippen LogP contribution < -0.4 is 11.1 Å². The summed E-state index contributed by atoms with van der Waals surface area (Å²) in [7, 11) is 0. The van der Waals surface area contributed by atoms with Crippen molar-refractivity contribution in [2.45, 2.75) is 19.0 Å². The van der Waals surface area contributed by atoms with Crippen molar-refractivity contribution >= 4 is 40.0 Å². The standard InChI is InChI=1S/C18H16N6OS2/c1-10-3-4-12(5-11(10)2)14-8-26-18(22-14)23-15(25)9-27-17-21-7-13(6-19)16(20)24-17/h3-5,7-8H,9H2,1-2H3,(H2,20,21,24)(H,22,23,25). The van der Waals surface area contributed by atoms with Crippen LogP contribution in [0.3, 0.4) is 0 Å². The van der Waals surface area contributed by atoms with Gasteiger partial charge in [-0.2, -0.15) is 5.26 Å². The van der Waals surface area contributed by atoms with Gasteiger partial charge in [-0.1, -0.05) is 23.9 Å². The van der Waals surface area contributed by atoms with Gasteiger partial charge in [0.2, 0.25) is 5.91 Å². The maximum Gasteiger partial charge on any atom is 0.236 e. The SMILES string of the molecule is Cc1ccc(-c2csc(NC(=O)CSc3ncc(C#N)c(N)n3)n2)cc1C. The van der Waals surface area contributed by atoms with Crippen molar-refractivity contribution in [1.29, 1.82) is 5.26 Å². The summed E-state index contributed by atoms with van der Waals surface area (Å²) in [5, 5.41) is 14.4. The fourth-order valence-corrected chi connectivity index (χ4v) is 3.54. The molecule has 0 atom stereocenters. The Labute approximate surface area is 164 Å². The number of nitrogens with one attached hydrogen (secondary N) is 1. The largest absolute Gasteiger partial charge is 0.382 e. The number of thiazole rings is 1. The van der Waals surface area contributed by atoms with Crippen molar-refractivity contribution in [3.8, 4) is 17.3 Å². The van der Waals surface area contributed by atoms with Crippen molar-refractivity contribution in [3.63, 3.8) is 0 Å². The molecular formula is C18H16N6OS2. The van der Waals surface area contributed by atoms with Gasteiger partial charge in [0.05, 0.1) is 17.6 Å². The molecule has 27 heavy (non-hydrogen) atoms. The monoisotopic (exact) mass is 396 g/mol. The first-order chi connectivity index (χ1) is 13.0. The molecule has 0 saturated carbocycles. The quantitative estimate of drug-likeness (QED) is 0.501. The normalized spacial score (nSPS) is 10.4. The number of carbonyl (C=O) groups excluding carboxylic acids is 1. The predicted octanol–water partition coefficient (Wildman–Crippen LogP) is 3.40. The maximum atomic E-state index is 12.1. The van der Waals surface area contributed by atoms with E-state index in [4.69, 9.17) is 11.0 Å². The molecule has 3 N–H and O–H groups in total. The Morgan fingerprint density at radius 1 is 1.33 bits per heavy atom. The third-order valence-electron chi connectivity index (χ3n) is 3.80. The minimum atomic E-state index is -0.215. The smallest absolute Gasteiger partial charge is 0.236 e. The van der Waals surface area contributed by atoms with Gasteiger partial charge in [0.1, 0.15) is 17.5 Å². The van der Waals surface area contributed by atoms with E-state index in [2.05, 4.69) is 46.2 Å². The molecule has 3 aromatic rings. The second-order valence-electron chi connectivity index (χ2n) is 5.74. The highest BCUT2D eigenvalue weighted by molar-refractivity contribution is 7.99. The van der Waals surface area contributed by atoms with E-state index >= 15 is 0 Å². The molecule has 0 bridgehead atoms. The van der Waals surface area contributed by atoms with Gasteiger partial charge in [-0.3, -0.25) is 4.79 Å². The van der Waals surface area contributed by atoms with Crippen LogP contribution in [0.5, 0.6) is 0 Å². The summed E-state index contributed by atoms with van der Waals surface area (Å²) in [6, 6.07) is 8.06. The highest BCUT2D eigenvalue weighted by Crippen LogP contribution is 2.26. The highest BCUT2D eigenvalue weighted by atomic mass is 32.2. The number of thioether (sulfide) groups is 1. The molecule has 0 radical (unpaired) electrons. The van der Waals surface area contributed by atoms with E-state index in [1.54, 1.807) is 0 Å². The number of aromatic nitrogens is 3. The molecule has 136 valence electrons. The number of benzene rings is 1. The highest BCUT2D eigenvalue weighted by Gasteiger charge is 2.11. The summed E-state index contributed by atoms with van der Waals surface area (Å²) >= 11 is 2.51. The third kappa shape index (κ3) is 4.61. The fraction of sp³-hybridized carbons (Fsp3) is 0.167. The molecule has 3 rings (SSSR count). The number of nitrogens with zero attached hydrogens (tertiary/aromatic N) is 4. The molecule has 1 amide bonds. The van der Waals surface area contributed by atoms with Crippen LogP contribution >= 0.6 is 23.1 Å². The molecule has 2 aromatic heterocycles. The summed E-state index contributed by atoms with van der Waals surface area (Å²) in [5.74, 6) is 0.00468. The molecule has 0 fully saturated rings. The van der Waals surface area contributed by atoms with E-state index in [1.165, 1.54) is 28.7 Å². The van der Waals surface area contributed by atoms with Gasteiger partial charge in [0.15, 0.2) is 10.3 Å². The Hall–Kier alpha value is -2.96. The second-order valence-corrected chi connectivity index (χ2v) is 7.54. The van der Waals surface area contributed by atoms with Crippen molar-refractivity contribution < 1.29 is 4.79 Å². The molecule has 0 aliphatic rings. The number of hydrogen-bond donors (Lipinski definition) is 2. The predicted molar refractivity (Wildman–Crippen MR) is 108 cm³/mol. The first-order valence-corrected chi connectivity index (χ1v) is 9.81. The van der Waals surface area contributed by atoms with Gasteiger partial charge in [0, 0.05) is 10.9 Å². The van der Waals surface area contributed by atoms with Crippen LogP contribution in [0.4, 0.5) is 10.9 Å². The minimum absolute atomic E-state index is 0.105. The zero-order valence-corrected chi connectivity index (χ0v) is 16.3.